The van der Waals surface area contributed by atoms with Gasteiger partial charge in [0.25, 0.3) is 5.91 Å². The zero-order chi connectivity index (χ0) is 35.1. The molecule has 0 radical (unpaired) electrons. The van der Waals surface area contributed by atoms with Crippen LogP contribution in [0.25, 0.3) is 0 Å². The average molecular weight is 722 g/mol. The Bertz CT molecular complexity index is 2110. The number of imide groups is 1. The summed E-state index contributed by atoms with van der Waals surface area (Å²) in [6.07, 6.45) is -4.17. The molecule has 6 unspecified atom stereocenters. The number of carbonyl (C=O) groups excluding carboxylic acids is 3. The number of amides is 3. The largest absolute Gasteiger partial charge is 0.493 e. The van der Waals surface area contributed by atoms with Crippen LogP contribution in [0.2, 0.25) is 0 Å². The van der Waals surface area contributed by atoms with Crippen LogP contribution in [0.5, 0.6) is 11.5 Å². The Morgan fingerprint density at radius 1 is 0.980 bits per heavy atom. The van der Waals surface area contributed by atoms with Crippen molar-refractivity contribution in [3.05, 3.63) is 98.0 Å². The minimum Gasteiger partial charge on any atom is -0.493 e. The van der Waals surface area contributed by atoms with E-state index in [9.17, 15) is 32.3 Å². The maximum atomic E-state index is 14.0. The molecule has 2 bridgehead atoms. The molecule has 2 N–H and O–H groups in total. The third kappa shape index (κ3) is 5.22. The van der Waals surface area contributed by atoms with Gasteiger partial charge in [0.05, 0.1) is 35.2 Å². The highest BCUT2D eigenvalue weighted by molar-refractivity contribution is 8.00. The van der Waals surface area contributed by atoms with Crippen molar-refractivity contribution >= 4 is 52.2 Å². The van der Waals surface area contributed by atoms with Crippen molar-refractivity contribution in [2.24, 2.45) is 29.6 Å². The molecule has 14 heteroatoms. The summed E-state index contributed by atoms with van der Waals surface area (Å²) in [6, 6.07) is 17.4. The zero-order valence-corrected chi connectivity index (χ0v) is 28.3. The van der Waals surface area contributed by atoms with Crippen LogP contribution in [-0.2, 0) is 20.6 Å². The quantitative estimate of drug-likeness (QED) is 0.210. The molecule has 3 amide bonds. The van der Waals surface area contributed by atoms with Crippen molar-refractivity contribution < 1.29 is 37.0 Å². The van der Waals surface area contributed by atoms with E-state index in [2.05, 4.69) is 10.3 Å². The summed E-state index contributed by atoms with van der Waals surface area (Å²) >= 11 is 2.57. The highest BCUT2D eigenvalue weighted by Gasteiger charge is 2.70. The van der Waals surface area contributed by atoms with E-state index in [-0.39, 0.29) is 46.3 Å². The number of rotatable bonds is 7. The van der Waals surface area contributed by atoms with Crippen LogP contribution < -0.4 is 24.6 Å². The van der Waals surface area contributed by atoms with Crippen LogP contribution in [0.3, 0.4) is 0 Å². The maximum Gasteiger partial charge on any atom is 0.418 e. The molecule has 3 fully saturated rings. The van der Waals surface area contributed by atoms with Crippen molar-refractivity contribution in [1.82, 2.24) is 4.98 Å². The molecule has 3 aromatic carbocycles. The molecule has 50 heavy (non-hydrogen) atoms. The summed E-state index contributed by atoms with van der Waals surface area (Å²) in [4.78, 5) is 57.6. The number of alkyl halides is 3. The first-order valence-electron chi connectivity index (χ1n) is 16.1. The molecule has 4 aliphatic rings. The van der Waals surface area contributed by atoms with E-state index in [0.29, 0.717) is 28.6 Å². The Labute approximate surface area is 292 Å². The molecule has 3 heterocycles. The second-order valence-corrected chi connectivity index (χ2v) is 15.3. The van der Waals surface area contributed by atoms with Crippen LogP contribution in [0, 0.1) is 36.5 Å². The van der Waals surface area contributed by atoms with Crippen LogP contribution in [-0.4, -0.2) is 41.7 Å². The Morgan fingerprint density at radius 2 is 1.74 bits per heavy atom. The number of anilines is 2. The van der Waals surface area contributed by atoms with Gasteiger partial charge in [-0.1, -0.05) is 41.7 Å². The van der Waals surface area contributed by atoms with Crippen LogP contribution in [0.15, 0.2) is 76.6 Å². The molecule has 0 spiro atoms. The number of nitrogens with one attached hydrogen (secondary N) is 2. The summed E-state index contributed by atoms with van der Waals surface area (Å²) in [5.41, 5.74) is 0.979. The minimum absolute atomic E-state index is 0.161. The second-order valence-electron chi connectivity index (χ2n) is 13.1. The SMILES string of the molecule is COc1cc([C@H]2c3sc(=O)[nH]c3SC3C4CC(C5C(=O)N(c6ccccc6C(F)(F)F)C(=O)C45)C32)ccc1OCC(=O)Nc1cccc(C)c1. The molecule has 1 saturated heterocycles. The molecule has 2 saturated carbocycles. The minimum atomic E-state index is -4.75. The zero-order valence-electron chi connectivity index (χ0n) is 26.7. The number of fused-ring (bicyclic) bond motifs is 9. The first-order chi connectivity index (χ1) is 23.9. The number of hydrogen-bond acceptors (Lipinski definition) is 8. The predicted octanol–water partition coefficient (Wildman–Crippen LogP) is 6.47. The number of benzene rings is 3. The Morgan fingerprint density at radius 3 is 2.48 bits per heavy atom. The van der Waals surface area contributed by atoms with Gasteiger partial charge in [-0.05, 0) is 78.6 Å². The van der Waals surface area contributed by atoms with Crippen molar-refractivity contribution in [2.45, 2.75) is 35.7 Å². The first-order valence-corrected chi connectivity index (χ1v) is 17.7. The van der Waals surface area contributed by atoms with E-state index in [1.54, 1.807) is 18.2 Å². The molecular weight excluding hydrogens is 692 g/mol. The average Bonchev–Trinajstić information content (AvgIpc) is 3.82. The van der Waals surface area contributed by atoms with Crippen molar-refractivity contribution in [3.63, 3.8) is 0 Å². The highest BCUT2D eigenvalue weighted by Crippen LogP contribution is 2.69. The Hall–Kier alpha value is -4.56. The van der Waals surface area contributed by atoms with Crippen LogP contribution >= 0.6 is 23.1 Å². The van der Waals surface area contributed by atoms with Gasteiger partial charge < -0.3 is 19.8 Å². The molecule has 8 rings (SSSR count). The van der Waals surface area contributed by atoms with E-state index >= 15 is 0 Å². The lowest BCUT2D eigenvalue weighted by molar-refractivity contribution is -0.137. The van der Waals surface area contributed by atoms with Gasteiger partial charge in [0.1, 0.15) is 0 Å². The lowest BCUT2D eigenvalue weighted by Crippen LogP contribution is -2.42. The molecular formula is C36H30F3N3O6S2. The standard InChI is InChI=1S/C36H30F3N3O6S2/c1-16-6-5-7-18(12-16)40-25(43)15-48-23-11-10-17(13-24(23)47-2)26-27-19-14-20(30(27)49-32-31(26)50-35(46)41-32)29-28(19)33(44)42(34(29)45)22-9-4-3-8-21(22)36(37,38)39/h3-13,19-20,26-30H,14-15H2,1-2H3,(H,40,43)(H,41,46)/t19?,20?,26-,27?,28?,29?,30?/m1/s1. The third-order valence-corrected chi connectivity index (χ3v) is 13.0. The fraction of sp³-hybridized carbons (Fsp3) is 0.333. The summed E-state index contributed by atoms with van der Waals surface area (Å²) in [7, 11) is 1.48. The van der Waals surface area contributed by atoms with Gasteiger partial charge in [-0.15, -0.1) is 11.8 Å². The third-order valence-electron chi connectivity index (χ3n) is 10.4. The molecule has 9 nitrogen and oxygen atoms in total. The fourth-order valence-electron chi connectivity index (χ4n) is 8.60. The number of carbonyl (C=O) groups is 3. The molecule has 1 aromatic heterocycles. The molecule has 2 aliphatic heterocycles. The number of aryl methyl sites for hydroxylation is 1. The monoisotopic (exact) mass is 721 g/mol. The molecule has 258 valence electrons. The number of aromatic amines is 1. The molecule has 2 aliphatic carbocycles. The Balaban J connectivity index is 1.10. The van der Waals surface area contributed by atoms with E-state index in [0.717, 1.165) is 38.3 Å². The second kappa shape index (κ2) is 12.0. The van der Waals surface area contributed by atoms with Gasteiger partial charge >= 0.3 is 11.0 Å². The van der Waals surface area contributed by atoms with Crippen molar-refractivity contribution in [3.8, 4) is 11.5 Å². The lowest BCUT2D eigenvalue weighted by atomic mass is 9.68. The number of H-pyrrole nitrogens is 1. The predicted molar refractivity (Wildman–Crippen MR) is 181 cm³/mol. The van der Waals surface area contributed by atoms with Crippen molar-refractivity contribution in [1.29, 1.82) is 0 Å². The number of thioether (sulfide) groups is 1. The number of halogens is 3. The fourth-order valence-corrected chi connectivity index (χ4v) is 11.5. The number of aromatic nitrogens is 1. The number of methoxy groups -OCH3 is 1. The summed E-state index contributed by atoms with van der Waals surface area (Å²) in [5.74, 6) is -3.48. The van der Waals surface area contributed by atoms with E-state index in [1.807, 2.05) is 31.2 Å². The number of hydrogen-bond donors (Lipinski definition) is 2. The topological polar surface area (TPSA) is 118 Å². The summed E-state index contributed by atoms with van der Waals surface area (Å²) in [6.45, 7) is 1.66. The van der Waals surface area contributed by atoms with Crippen molar-refractivity contribution in [2.75, 3.05) is 23.9 Å². The van der Waals surface area contributed by atoms with Gasteiger partial charge in [0.2, 0.25) is 11.8 Å². The number of nitrogens with zero attached hydrogens (tertiary/aromatic N) is 1. The van der Waals surface area contributed by atoms with E-state index < -0.39 is 41.1 Å². The highest BCUT2D eigenvalue weighted by atomic mass is 32.2. The normalized spacial score (nSPS) is 26.4. The summed E-state index contributed by atoms with van der Waals surface area (Å²) in [5, 5.41) is 3.34. The van der Waals surface area contributed by atoms with Gasteiger partial charge in [0, 0.05) is 21.7 Å². The number of para-hydroxylation sites is 1. The number of thiazole rings is 1. The van der Waals surface area contributed by atoms with Crippen LogP contribution in [0.1, 0.15) is 33.9 Å². The first kappa shape index (κ1) is 32.6. The van der Waals surface area contributed by atoms with E-state index in [1.165, 1.54) is 37.1 Å². The smallest absolute Gasteiger partial charge is 0.418 e. The Kier molecular flexibility index (Phi) is 7.86. The molecule has 4 aromatic rings. The van der Waals surface area contributed by atoms with Gasteiger partial charge in [-0.2, -0.15) is 13.2 Å². The van der Waals surface area contributed by atoms with E-state index in [4.69, 9.17) is 9.47 Å². The summed E-state index contributed by atoms with van der Waals surface area (Å²) < 4.78 is 53.5. The maximum absolute atomic E-state index is 14.0. The van der Waals surface area contributed by atoms with Crippen LogP contribution in [0.4, 0.5) is 24.5 Å². The van der Waals surface area contributed by atoms with Gasteiger partial charge in [-0.3, -0.25) is 19.2 Å². The lowest BCUT2D eigenvalue weighted by Gasteiger charge is -2.43. The van der Waals surface area contributed by atoms with Gasteiger partial charge in [-0.25, -0.2) is 4.90 Å². The van der Waals surface area contributed by atoms with Gasteiger partial charge in [0.15, 0.2) is 18.1 Å². The molecule has 7 atom stereocenters. The number of ether oxygens (including phenoxy) is 2.